The van der Waals surface area contributed by atoms with Gasteiger partial charge in [0.15, 0.2) is 5.82 Å². The van der Waals surface area contributed by atoms with Crippen molar-refractivity contribution in [3.05, 3.63) is 162 Å². The summed E-state index contributed by atoms with van der Waals surface area (Å²) >= 11 is 0. The molecule has 0 radical (unpaired) electrons. The quantitative estimate of drug-likeness (QED) is 0.241. The molecule has 5 nitrogen and oxygen atoms in total. The summed E-state index contributed by atoms with van der Waals surface area (Å²) in [5, 5.41) is 5.74. The molecule has 1 heterocycles. The highest BCUT2D eigenvalue weighted by Gasteiger charge is 2.41. The number of sulfonamides is 1. The van der Waals surface area contributed by atoms with Crippen LogP contribution >= 0.6 is 0 Å². The first-order valence-electron chi connectivity index (χ1n) is 12.3. The smallest absolute Gasteiger partial charge is 0.261 e. The van der Waals surface area contributed by atoms with E-state index in [1.54, 1.807) is 30.3 Å². The normalized spacial score (nSPS) is 11.9. The largest absolute Gasteiger partial charge is 0.263 e. The third-order valence-corrected chi connectivity index (χ3v) is 8.12. The first-order valence-corrected chi connectivity index (χ1v) is 13.8. The van der Waals surface area contributed by atoms with Gasteiger partial charge in [-0.2, -0.15) is 5.10 Å². The van der Waals surface area contributed by atoms with Crippen LogP contribution in [-0.4, -0.2) is 18.2 Å². The van der Waals surface area contributed by atoms with Crippen LogP contribution in [0.3, 0.4) is 0 Å². The van der Waals surface area contributed by atoms with E-state index in [1.807, 2.05) is 83.5 Å². The molecule has 1 aromatic heterocycles. The zero-order valence-electron chi connectivity index (χ0n) is 20.5. The fourth-order valence-electron chi connectivity index (χ4n) is 5.09. The van der Waals surface area contributed by atoms with Crippen molar-refractivity contribution in [1.29, 1.82) is 0 Å². The van der Waals surface area contributed by atoms with Crippen LogP contribution in [0.1, 0.15) is 16.7 Å². The Labute approximate surface area is 222 Å². The van der Waals surface area contributed by atoms with Gasteiger partial charge in [-0.25, -0.2) is 13.1 Å². The van der Waals surface area contributed by atoms with Crippen LogP contribution in [0.4, 0.5) is 5.82 Å². The van der Waals surface area contributed by atoms with Crippen LogP contribution in [0.25, 0.3) is 10.9 Å². The van der Waals surface area contributed by atoms with Crippen LogP contribution in [0, 0.1) is 0 Å². The zero-order valence-corrected chi connectivity index (χ0v) is 21.3. The molecule has 0 aliphatic heterocycles. The summed E-state index contributed by atoms with van der Waals surface area (Å²) in [6.07, 6.45) is 0. The Bertz CT molecular complexity index is 1690. The Kier molecular flexibility index (Phi) is 6.02. The highest BCUT2D eigenvalue weighted by molar-refractivity contribution is 7.92. The predicted molar refractivity (Wildman–Crippen MR) is 152 cm³/mol. The van der Waals surface area contributed by atoms with Gasteiger partial charge in [0.2, 0.25) is 0 Å². The SMILES string of the molecule is O=S(=O)(Nc1nn(C(c2ccccc2)(c2ccccc2)c2ccccc2)c2ccccc12)c1ccccc1. The summed E-state index contributed by atoms with van der Waals surface area (Å²) in [4.78, 5) is 0.180. The molecule has 0 saturated carbocycles. The van der Waals surface area contributed by atoms with Crippen LogP contribution in [0.15, 0.2) is 150 Å². The number of rotatable bonds is 7. The maximum atomic E-state index is 13.4. The molecule has 0 atom stereocenters. The Morgan fingerprint density at radius 1 is 0.553 bits per heavy atom. The van der Waals surface area contributed by atoms with Crippen molar-refractivity contribution < 1.29 is 8.42 Å². The number of hydrogen-bond donors (Lipinski definition) is 1. The summed E-state index contributed by atoms with van der Waals surface area (Å²) in [5.41, 5.74) is 2.93. The highest BCUT2D eigenvalue weighted by Crippen LogP contribution is 2.43. The second-order valence-corrected chi connectivity index (χ2v) is 10.7. The summed E-state index contributed by atoms with van der Waals surface area (Å²) < 4.78 is 31.4. The molecule has 0 spiro atoms. The molecule has 5 aromatic carbocycles. The summed E-state index contributed by atoms with van der Waals surface area (Å²) in [6, 6.07) is 46.6. The van der Waals surface area contributed by atoms with Gasteiger partial charge >= 0.3 is 0 Å². The van der Waals surface area contributed by atoms with E-state index < -0.39 is 15.6 Å². The molecule has 0 aliphatic carbocycles. The number of nitrogens with one attached hydrogen (secondary N) is 1. The third kappa shape index (κ3) is 3.96. The number of fused-ring (bicyclic) bond motifs is 1. The van der Waals surface area contributed by atoms with Crippen molar-refractivity contribution in [3.63, 3.8) is 0 Å². The number of nitrogens with zero attached hydrogens (tertiary/aromatic N) is 2. The van der Waals surface area contributed by atoms with E-state index in [1.165, 1.54) is 0 Å². The van der Waals surface area contributed by atoms with E-state index in [-0.39, 0.29) is 10.7 Å². The lowest BCUT2D eigenvalue weighted by Gasteiger charge is -2.37. The molecular formula is C32H25N3O2S. The highest BCUT2D eigenvalue weighted by atomic mass is 32.2. The Morgan fingerprint density at radius 3 is 1.47 bits per heavy atom. The summed E-state index contributed by atoms with van der Waals surface area (Å²) in [5.74, 6) is 0.275. The van der Waals surface area contributed by atoms with E-state index in [2.05, 4.69) is 41.1 Å². The maximum Gasteiger partial charge on any atom is 0.263 e. The van der Waals surface area contributed by atoms with Crippen molar-refractivity contribution >= 4 is 26.7 Å². The Hall–Kier alpha value is -4.68. The van der Waals surface area contributed by atoms with Gasteiger partial charge < -0.3 is 0 Å². The van der Waals surface area contributed by atoms with Crippen LogP contribution in [0.5, 0.6) is 0 Å². The Balaban J connectivity index is 1.68. The van der Waals surface area contributed by atoms with Crippen molar-refractivity contribution in [3.8, 4) is 0 Å². The third-order valence-electron chi connectivity index (χ3n) is 6.76. The van der Waals surface area contributed by atoms with Gasteiger partial charge in [-0.15, -0.1) is 0 Å². The second-order valence-electron chi connectivity index (χ2n) is 9.00. The molecule has 6 heteroatoms. The molecule has 0 fully saturated rings. The molecule has 186 valence electrons. The van der Waals surface area contributed by atoms with Crippen molar-refractivity contribution in [2.45, 2.75) is 10.4 Å². The van der Waals surface area contributed by atoms with Crippen molar-refractivity contribution in [1.82, 2.24) is 9.78 Å². The minimum Gasteiger partial charge on any atom is -0.261 e. The molecule has 0 bridgehead atoms. The number of para-hydroxylation sites is 1. The minimum atomic E-state index is -3.86. The number of anilines is 1. The van der Waals surface area contributed by atoms with E-state index in [4.69, 9.17) is 5.10 Å². The zero-order chi connectivity index (χ0) is 26.0. The van der Waals surface area contributed by atoms with Crippen LogP contribution in [-0.2, 0) is 15.6 Å². The average molecular weight is 516 g/mol. The second kappa shape index (κ2) is 9.65. The summed E-state index contributed by atoms with van der Waals surface area (Å²) in [7, 11) is -3.86. The molecular weight excluding hydrogens is 490 g/mol. The van der Waals surface area contributed by atoms with Crippen molar-refractivity contribution in [2.24, 2.45) is 0 Å². The standard InChI is InChI=1S/C32H25N3O2S/c36-38(37,28-21-11-4-12-22-28)34-31-29-23-13-14-24-30(29)35(33-31)32(25-15-5-1-6-16-25,26-17-7-2-8-18-26)27-19-9-3-10-20-27/h1-24H,(H,33,34). The maximum absolute atomic E-state index is 13.4. The van der Waals surface area contributed by atoms with E-state index >= 15 is 0 Å². The topological polar surface area (TPSA) is 64.0 Å². The molecule has 6 aromatic rings. The van der Waals surface area contributed by atoms with Gasteiger partial charge in [0.05, 0.1) is 10.4 Å². The monoisotopic (exact) mass is 515 g/mol. The fourth-order valence-corrected chi connectivity index (χ4v) is 6.13. The molecule has 0 unspecified atom stereocenters. The van der Waals surface area contributed by atoms with Gasteiger partial charge in [0.25, 0.3) is 10.0 Å². The van der Waals surface area contributed by atoms with Gasteiger partial charge in [0, 0.05) is 5.39 Å². The van der Waals surface area contributed by atoms with Crippen molar-refractivity contribution in [2.75, 3.05) is 4.72 Å². The fraction of sp³-hybridized carbons (Fsp3) is 0.0312. The van der Waals surface area contributed by atoms with Gasteiger partial charge in [0.1, 0.15) is 5.54 Å². The Morgan fingerprint density at radius 2 is 0.974 bits per heavy atom. The first-order chi connectivity index (χ1) is 18.6. The first kappa shape index (κ1) is 23.7. The van der Waals surface area contributed by atoms with Gasteiger partial charge in [-0.3, -0.25) is 4.72 Å². The van der Waals surface area contributed by atoms with E-state index in [0.717, 1.165) is 22.2 Å². The lowest BCUT2D eigenvalue weighted by Crippen LogP contribution is -2.38. The molecule has 0 amide bonds. The van der Waals surface area contributed by atoms with E-state index in [9.17, 15) is 8.42 Å². The predicted octanol–water partition coefficient (Wildman–Crippen LogP) is 6.68. The number of aromatic nitrogens is 2. The summed E-state index contributed by atoms with van der Waals surface area (Å²) in [6.45, 7) is 0. The van der Waals surface area contributed by atoms with Gasteiger partial charge in [-0.1, -0.05) is 121 Å². The lowest BCUT2D eigenvalue weighted by molar-refractivity contribution is 0.477. The number of benzene rings is 5. The lowest BCUT2D eigenvalue weighted by atomic mass is 9.77. The average Bonchev–Trinajstić information content (AvgIpc) is 3.33. The number of hydrogen-bond acceptors (Lipinski definition) is 3. The van der Waals surface area contributed by atoms with E-state index in [0.29, 0.717) is 5.39 Å². The van der Waals surface area contributed by atoms with Crippen LogP contribution in [0.2, 0.25) is 0 Å². The molecule has 0 aliphatic rings. The molecule has 38 heavy (non-hydrogen) atoms. The molecule has 1 N–H and O–H groups in total. The van der Waals surface area contributed by atoms with Gasteiger partial charge in [-0.05, 0) is 41.0 Å². The molecule has 6 rings (SSSR count). The molecule has 0 saturated heterocycles. The van der Waals surface area contributed by atoms with Crippen LogP contribution < -0.4 is 4.72 Å². The minimum absolute atomic E-state index is 0.180.